The van der Waals surface area contributed by atoms with Crippen LogP contribution in [0.4, 0.5) is 0 Å². The molecule has 0 aliphatic heterocycles. The van der Waals surface area contributed by atoms with Gasteiger partial charge >= 0.3 is 0 Å². The number of unbranched alkanes of at least 4 members (excludes halogenated alkanes) is 2. The van der Waals surface area contributed by atoms with Crippen molar-refractivity contribution in [3.63, 3.8) is 0 Å². The van der Waals surface area contributed by atoms with Crippen LogP contribution in [0.1, 0.15) is 19.3 Å². The van der Waals surface area contributed by atoms with E-state index >= 15 is 0 Å². The van der Waals surface area contributed by atoms with Crippen LogP contribution < -0.4 is 0 Å². The fraction of sp³-hybridized carbons (Fsp3) is 0.667. The van der Waals surface area contributed by atoms with E-state index in [1.807, 2.05) is 6.21 Å². The molecule has 0 atom stereocenters. The third-order valence-corrected chi connectivity index (χ3v) is 0.838. The first-order valence-electron chi connectivity index (χ1n) is 2.76. The van der Waals surface area contributed by atoms with Crippen molar-refractivity contribution in [2.24, 2.45) is 4.99 Å². The van der Waals surface area contributed by atoms with Crippen LogP contribution in [0.2, 0.25) is 0 Å². The molecule has 0 radical (unpaired) electrons. The molecule has 0 rings (SSSR count). The highest BCUT2D eigenvalue weighted by Crippen LogP contribution is 1.87. The van der Waals surface area contributed by atoms with Crippen molar-refractivity contribution in [3.05, 3.63) is 0 Å². The van der Waals surface area contributed by atoms with Crippen LogP contribution in [0.25, 0.3) is 0 Å². The second-order valence-electron chi connectivity index (χ2n) is 1.54. The number of rotatable bonds is 4. The summed E-state index contributed by atoms with van der Waals surface area (Å²) in [4.78, 5) is 13.5. The van der Waals surface area contributed by atoms with Gasteiger partial charge in [0.25, 0.3) is 0 Å². The molecule has 0 N–H and O–H groups in total. The molecule has 0 aliphatic carbocycles. The molecule has 0 bridgehead atoms. The molecule has 0 aromatic rings. The van der Waals surface area contributed by atoms with E-state index in [1.54, 1.807) is 7.05 Å². The Labute approximate surface area is 49.6 Å². The van der Waals surface area contributed by atoms with Crippen molar-refractivity contribution in [1.29, 1.82) is 0 Å². The standard InChI is InChI=1S/C6H11NO/c1-7-5-3-2-4-6-8/h5-6H,2-4H2,1H3. The van der Waals surface area contributed by atoms with Crippen molar-refractivity contribution < 1.29 is 4.79 Å². The molecule has 0 heterocycles. The van der Waals surface area contributed by atoms with E-state index in [2.05, 4.69) is 4.99 Å². The number of aldehydes is 1. The second kappa shape index (κ2) is 6.34. The van der Waals surface area contributed by atoms with Crippen molar-refractivity contribution in [2.75, 3.05) is 7.05 Å². The van der Waals surface area contributed by atoms with Crippen LogP contribution in [0.5, 0.6) is 0 Å². The topological polar surface area (TPSA) is 29.4 Å². The first kappa shape index (κ1) is 7.34. The maximum Gasteiger partial charge on any atom is 0.120 e. The average Bonchev–Trinajstić information content (AvgIpc) is 1.81. The molecule has 2 heteroatoms. The van der Waals surface area contributed by atoms with Gasteiger partial charge in [0, 0.05) is 13.5 Å². The molecule has 0 amide bonds. The summed E-state index contributed by atoms with van der Waals surface area (Å²) in [5, 5.41) is 0. The second-order valence-corrected chi connectivity index (χ2v) is 1.54. The van der Waals surface area contributed by atoms with Crippen molar-refractivity contribution >= 4 is 12.5 Å². The highest BCUT2D eigenvalue weighted by atomic mass is 16.1. The molecular weight excluding hydrogens is 102 g/mol. The Balaban J connectivity index is 2.82. The predicted octanol–water partition coefficient (Wildman–Crippen LogP) is 1.06. The molecule has 0 aromatic carbocycles. The zero-order valence-corrected chi connectivity index (χ0v) is 5.13. The maximum atomic E-state index is 9.72. The Kier molecular flexibility index (Phi) is 5.82. The summed E-state index contributed by atoms with van der Waals surface area (Å²) in [6.45, 7) is 0. The van der Waals surface area contributed by atoms with Crippen LogP contribution in [0, 0.1) is 0 Å². The lowest BCUT2D eigenvalue weighted by atomic mass is 10.3. The van der Waals surface area contributed by atoms with Crippen molar-refractivity contribution in [2.45, 2.75) is 19.3 Å². The number of aliphatic imine (C=N–C) groups is 1. The normalized spacial score (nSPS) is 10.1. The molecular formula is C6H11NO. The smallest absolute Gasteiger partial charge is 0.120 e. The summed E-state index contributed by atoms with van der Waals surface area (Å²) >= 11 is 0. The van der Waals surface area contributed by atoms with Crippen LogP contribution >= 0.6 is 0 Å². The lowest BCUT2D eigenvalue weighted by molar-refractivity contribution is -0.107. The van der Waals surface area contributed by atoms with Crippen LogP contribution in [-0.4, -0.2) is 19.5 Å². The van der Waals surface area contributed by atoms with E-state index in [0.717, 1.165) is 19.1 Å². The van der Waals surface area contributed by atoms with E-state index < -0.39 is 0 Å². The SMILES string of the molecule is CN=CCCCC=O. The van der Waals surface area contributed by atoms with Gasteiger partial charge in [0.1, 0.15) is 6.29 Å². The zero-order valence-electron chi connectivity index (χ0n) is 5.13. The van der Waals surface area contributed by atoms with Crippen molar-refractivity contribution in [1.82, 2.24) is 0 Å². The van der Waals surface area contributed by atoms with Crippen LogP contribution in [0.15, 0.2) is 4.99 Å². The summed E-state index contributed by atoms with van der Waals surface area (Å²) in [6.07, 6.45) is 5.27. The summed E-state index contributed by atoms with van der Waals surface area (Å²) in [5.74, 6) is 0. The first-order valence-corrected chi connectivity index (χ1v) is 2.76. The Bertz CT molecular complexity index is 78.6. The molecule has 8 heavy (non-hydrogen) atoms. The summed E-state index contributed by atoms with van der Waals surface area (Å²) < 4.78 is 0. The average molecular weight is 113 g/mol. The van der Waals surface area contributed by atoms with Crippen LogP contribution in [0.3, 0.4) is 0 Å². The quantitative estimate of drug-likeness (QED) is 0.304. The van der Waals surface area contributed by atoms with E-state index in [1.165, 1.54) is 0 Å². The van der Waals surface area contributed by atoms with Gasteiger partial charge in [-0.05, 0) is 19.1 Å². The van der Waals surface area contributed by atoms with Gasteiger partial charge in [-0.3, -0.25) is 0 Å². The molecule has 0 saturated heterocycles. The minimum absolute atomic E-state index is 0.659. The molecule has 0 aromatic heterocycles. The third kappa shape index (κ3) is 5.34. The zero-order chi connectivity index (χ0) is 6.24. The first-order chi connectivity index (χ1) is 3.91. The Morgan fingerprint density at radius 3 is 2.75 bits per heavy atom. The van der Waals surface area contributed by atoms with Gasteiger partial charge in [-0.25, -0.2) is 0 Å². The van der Waals surface area contributed by atoms with E-state index in [9.17, 15) is 4.79 Å². The summed E-state index contributed by atoms with van der Waals surface area (Å²) in [5.41, 5.74) is 0. The van der Waals surface area contributed by atoms with E-state index in [-0.39, 0.29) is 0 Å². The van der Waals surface area contributed by atoms with E-state index in [0.29, 0.717) is 6.42 Å². The van der Waals surface area contributed by atoms with Crippen molar-refractivity contribution in [3.8, 4) is 0 Å². The monoisotopic (exact) mass is 113 g/mol. The minimum atomic E-state index is 0.659. The predicted molar refractivity (Wildman–Crippen MR) is 34.3 cm³/mol. The van der Waals surface area contributed by atoms with Gasteiger partial charge in [0.2, 0.25) is 0 Å². The summed E-state index contributed by atoms with van der Waals surface area (Å²) in [6, 6.07) is 0. The van der Waals surface area contributed by atoms with Crippen LogP contribution in [-0.2, 0) is 4.79 Å². The lowest BCUT2D eigenvalue weighted by Crippen LogP contribution is -1.77. The van der Waals surface area contributed by atoms with Gasteiger partial charge in [0.15, 0.2) is 0 Å². The Morgan fingerprint density at radius 1 is 1.50 bits per heavy atom. The van der Waals surface area contributed by atoms with Gasteiger partial charge < -0.3 is 9.79 Å². The lowest BCUT2D eigenvalue weighted by Gasteiger charge is -1.82. The number of nitrogens with zero attached hydrogens (tertiary/aromatic N) is 1. The molecule has 0 unspecified atom stereocenters. The Morgan fingerprint density at radius 2 is 2.25 bits per heavy atom. The number of hydrogen-bond donors (Lipinski definition) is 0. The molecule has 46 valence electrons. The fourth-order valence-electron chi connectivity index (χ4n) is 0.422. The van der Waals surface area contributed by atoms with Gasteiger partial charge in [-0.15, -0.1) is 0 Å². The molecule has 0 aliphatic rings. The minimum Gasteiger partial charge on any atom is -0.303 e. The molecule has 0 fully saturated rings. The number of hydrogen-bond acceptors (Lipinski definition) is 2. The number of carbonyl (C=O) groups is 1. The third-order valence-electron chi connectivity index (χ3n) is 0.838. The van der Waals surface area contributed by atoms with E-state index in [4.69, 9.17) is 0 Å². The van der Waals surface area contributed by atoms with Gasteiger partial charge in [-0.1, -0.05) is 0 Å². The maximum absolute atomic E-state index is 9.72. The Hall–Kier alpha value is -0.660. The highest BCUT2D eigenvalue weighted by Gasteiger charge is 1.79. The molecule has 2 nitrogen and oxygen atoms in total. The largest absolute Gasteiger partial charge is 0.303 e. The van der Waals surface area contributed by atoms with Gasteiger partial charge in [0.05, 0.1) is 0 Å². The summed E-state index contributed by atoms with van der Waals surface area (Å²) in [7, 11) is 1.74. The van der Waals surface area contributed by atoms with Gasteiger partial charge in [-0.2, -0.15) is 0 Å². The molecule has 0 spiro atoms. The fourth-order valence-corrected chi connectivity index (χ4v) is 0.422. The highest BCUT2D eigenvalue weighted by molar-refractivity contribution is 5.58. The number of carbonyl (C=O) groups excluding carboxylic acids is 1. The molecule has 0 saturated carbocycles.